The minimum atomic E-state index is -0.311. The summed E-state index contributed by atoms with van der Waals surface area (Å²) < 4.78 is 11.8. The Morgan fingerprint density at radius 1 is 1.12 bits per heavy atom. The van der Waals surface area contributed by atoms with Crippen LogP contribution in [0.3, 0.4) is 0 Å². The molecular weight excluding hydrogens is 474 g/mol. The highest BCUT2D eigenvalue weighted by molar-refractivity contribution is 9.10. The number of ether oxygens (including phenoxy) is 1. The van der Waals surface area contributed by atoms with Gasteiger partial charge >= 0.3 is 0 Å². The van der Waals surface area contributed by atoms with Gasteiger partial charge in [0.1, 0.15) is 12.4 Å². The average molecular weight is 498 g/mol. The Balaban J connectivity index is 1.33. The fraction of sp³-hybridized carbons (Fsp3) is 0.273. The lowest BCUT2D eigenvalue weighted by molar-refractivity contribution is 0.102. The van der Waals surface area contributed by atoms with Gasteiger partial charge in [0.25, 0.3) is 5.91 Å². The SMILES string of the molecule is CCc1ccc(OCn2cc(NC(=O)c3ccn(Cn4nc(C)c(Br)c4C)n3)cn2)cc1. The van der Waals surface area contributed by atoms with Crippen molar-refractivity contribution in [3.63, 3.8) is 0 Å². The van der Waals surface area contributed by atoms with Gasteiger partial charge in [-0.1, -0.05) is 19.1 Å². The summed E-state index contributed by atoms with van der Waals surface area (Å²) in [5.74, 6) is 0.456. The minimum Gasteiger partial charge on any atom is -0.471 e. The standard InChI is InChI=1S/C22H24BrN7O2/c1-4-17-5-7-19(8-6-17)32-14-29-12-18(11-24-29)25-22(31)20-9-10-28(27-20)13-30-16(3)21(23)15(2)26-30/h5-12H,4,13-14H2,1-3H3,(H,25,31). The second-order valence-corrected chi connectivity index (χ2v) is 8.15. The summed E-state index contributed by atoms with van der Waals surface area (Å²) in [6.07, 6.45) is 6.02. The lowest BCUT2D eigenvalue weighted by atomic mass is 10.2. The number of aromatic nitrogens is 6. The summed E-state index contributed by atoms with van der Waals surface area (Å²) in [4.78, 5) is 12.6. The number of benzene rings is 1. The molecule has 9 nitrogen and oxygen atoms in total. The zero-order chi connectivity index (χ0) is 22.7. The first-order valence-corrected chi connectivity index (χ1v) is 11.0. The molecule has 3 aromatic heterocycles. The number of hydrogen-bond acceptors (Lipinski definition) is 5. The summed E-state index contributed by atoms with van der Waals surface area (Å²) in [6.45, 7) is 6.68. The van der Waals surface area contributed by atoms with Gasteiger partial charge in [0.05, 0.1) is 33.9 Å². The number of amides is 1. The highest BCUT2D eigenvalue weighted by Gasteiger charge is 2.13. The van der Waals surface area contributed by atoms with Gasteiger partial charge in [-0.3, -0.25) is 9.48 Å². The van der Waals surface area contributed by atoms with E-state index >= 15 is 0 Å². The van der Waals surface area contributed by atoms with Crippen molar-refractivity contribution in [1.82, 2.24) is 29.3 Å². The fourth-order valence-corrected chi connectivity index (χ4v) is 3.45. The molecule has 3 heterocycles. The fourth-order valence-electron chi connectivity index (χ4n) is 3.17. The smallest absolute Gasteiger partial charge is 0.276 e. The zero-order valence-electron chi connectivity index (χ0n) is 18.1. The molecule has 0 radical (unpaired) electrons. The summed E-state index contributed by atoms with van der Waals surface area (Å²) >= 11 is 3.52. The summed E-state index contributed by atoms with van der Waals surface area (Å²) in [5, 5.41) is 15.9. The number of halogens is 1. The predicted molar refractivity (Wildman–Crippen MR) is 124 cm³/mol. The molecule has 0 saturated heterocycles. The van der Waals surface area contributed by atoms with Crippen molar-refractivity contribution < 1.29 is 9.53 Å². The molecule has 0 unspecified atom stereocenters. The second-order valence-electron chi connectivity index (χ2n) is 7.36. The van der Waals surface area contributed by atoms with Crippen molar-refractivity contribution in [3.8, 4) is 5.75 Å². The lowest BCUT2D eigenvalue weighted by Gasteiger charge is -2.06. The van der Waals surface area contributed by atoms with Crippen LogP contribution in [0.15, 0.2) is 53.4 Å². The first-order valence-electron chi connectivity index (χ1n) is 10.2. The quantitative estimate of drug-likeness (QED) is 0.397. The Bertz CT molecular complexity index is 1220. The Kier molecular flexibility index (Phi) is 6.40. The van der Waals surface area contributed by atoms with Crippen molar-refractivity contribution in [1.29, 1.82) is 0 Å². The monoisotopic (exact) mass is 497 g/mol. The van der Waals surface area contributed by atoms with Crippen LogP contribution < -0.4 is 10.1 Å². The number of aryl methyl sites for hydroxylation is 2. The lowest BCUT2D eigenvalue weighted by Crippen LogP contribution is -2.15. The molecule has 0 fully saturated rings. The number of nitrogens with one attached hydrogen (secondary N) is 1. The largest absolute Gasteiger partial charge is 0.471 e. The maximum absolute atomic E-state index is 12.6. The van der Waals surface area contributed by atoms with E-state index < -0.39 is 0 Å². The van der Waals surface area contributed by atoms with E-state index in [-0.39, 0.29) is 12.6 Å². The molecule has 1 amide bonds. The highest BCUT2D eigenvalue weighted by atomic mass is 79.9. The average Bonchev–Trinajstić information content (AvgIpc) is 3.50. The Morgan fingerprint density at radius 3 is 2.59 bits per heavy atom. The third kappa shape index (κ3) is 4.91. The number of hydrogen-bond donors (Lipinski definition) is 1. The van der Waals surface area contributed by atoms with Crippen LogP contribution in [-0.2, 0) is 19.8 Å². The van der Waals surface area contributed by atoms with Crippen LogP contribution in [-0.4, -0.2) is 35.2 Å². The molecule has 0 aliphatic rings. The van der Waals surface area contributed by atoms with Crippen molar-refractivity contribution >= 4 is 27.5 Å². The van der Waals surface area contributed by atoms with Gasteiger partial charge in [-0.2, -0.15) is 15.3 Å². The molecule has 10 heteroatoms. The third-order valence-corrected chi connectivity index (χ3v) is 6.18. The van der Waals surface area contributed by atoms with Crippen LogP contribution in [0.1, 0.15) is 34.4 Å². The Morgan fingerprint density at radius 2 is 1.91 bits per heavy atom. The van der Waals surface area contributed by atoms with E-state index in [4.69, 9.17) is 4.74 Å². The molecule has 1 N–H and O–H groups in total. The maximum Gasteiger partial charge on any atom is 0.276 e. The van der Waals surface area contributed by atoms with Gasteiger partial charge in [0.2, 0.25) is 0 Å². The van der Waals surface area contributed by atoms with Crippen LogP contribution in [0, 0.1) is 13.8 Å². The zero-order valence-corrected chi connectivity index (χ0v) is 19.7. The van der Waals surface area contributed by atoms with Gasteiger partial charge in [0.15, 0.2) is 12.4 Å². The number of nitrogens with zero attached hydrogens (tertiary/aromatic N) is 6. The Hall–Kier alpha value is -3.40. The highest BCUT2D eigenvalue weighted by Crippen LogP contribution is 2.19. The topological polar surface area (TPSA) is 91.8 Å². The van der Waals surface area contributed by atoms with E-state index in [2.05, 4.69) is 43.5 Å². The first-order chi connectivity index (χ1) is 15.4. The molecule has 4 aromatic rings. The maximum atomic E-state index is 12.6. The number of carbonyl (C=O) groups excluding carboxylic acids is 1. The molecule has 166 valence electrons. The Labute approximate surface area is 194 Å². The molecule has 0 aliphatic heterocycles. The van der Waals surface area contributed by atoms with E-state index in [1.54, 1.807) is 34.0 Å². The van der Waals surface area contributed by atoms with Crippen molar-refractivity contribution in [2.24, 2.45) is 0 Å². The molecular formula is C22H24BrN7O2. The molecule has 0 aliphatic carbocycles. The van der Waals surface area contributed by atoms with E-state index in [0.717, 1.165) is 28.0 Å². The molecule has 4 rings (SSSR count). The minimum absolute atomic E-state index is 0.244. The third-order valence-electron chi connectivity index (χ3n) is 5.03. The summed E-state index contributed by atoms with van der Waals surface area (Å²) in [5.41, 5.74) is 4.04. The van der Waals surface area contributed by atoms with Crippen molar-refractivity contribution in [2.45, 2.75) is 40.6 Å². The first kappa shape index (κ1) is 21.8. The van der Waals surface area contributed by atoms with Crippen LogP contribution in [0.5, 0.6) is 5.75 Å². The van der Waals surface area contributed by atoms with Gasteiger partial charge < -0.3 is 10.1 Å². The van der Waals surface area contributed by atoms with E-state index in [0.29, 0.717) is 18.1 Å². The molecule has 32 heavy (non-hydrogen) atoms. The summed E-state index contributed by atoms with van der Waals surface area (Å²) in [7, 11) is 0. The van der Waals surface area contributed by atoms with Crippen LogP contribution >= 0.6 is 15.9 Å². The summed E-state index contributed by atoms with van der Waals surface area (Å²) in [6, 6.07) is 9.62. The van der Waals surface area contributed by atoms with Crippen LogP contribution in [0.25, 0.3) is 0 Å². The van der Waals surface area contributed by atoms with E-state index in [1.165, 1.54) is 5.56 Å². The molecule has 1 aromatic carbocycles. The number of rotatable bonds is 8. The van der Waals surface area contributed by atoms with E-state index in [1.807, 2.05) is 42.8 Å². The predicted octanol–water partition coefficient (Wildman–Crippen LogP) is 4.01. The van der Waals surface area contributed by atoms with Crippen molar-refractivity contribution in [2.75, 3.05) is 5.32 Å². The number of carbonyl (C=O) groups is 1. The molecule has 0 spiro atoms. The van der Waals surface area contributed by atoms with Gasteiger partial charge in [-0.25, -0.2) is 9.36 Å². The number of anilines is 1. The van der Waals surface area contributed by atoms with Crippen LogP contribution in [0.4, 0.5) is 5.69 Å². The normalized spacial score (nSPS) is 11.0. The molecule has 0 saturated carbocycles. The molecule has 0 bridgehead atoms. The van der Waals surface area contributed by atoms with Gasteiger partial charge in [-0.15, -0.1) is 0 Å². The van der Waals surface area contributed by atoms with E-state index in [9.17, 15) is 4.79 Å². The van der Waals surface area contributed by atoms with Crippen LogP contribution in [0.2, 0.25) is 0 Å². The molecule has 0 atom stereocenters. The van der Waals surface area contributed by atoms with Gasteiger partial charge in [0, 0.05) is 6.20 Å². The second kappa shape index (κ2) is 9.39. The van der Waals surface area contributed by atoms with Crippen molar-refractivity contribution in [3.05, 3.63) is 76.0 Å². The van der Waals surface area contributed by atoms with Gasteiger partial charge in [-0.05, 0) is 60.0 Å².